The fourth-order valence-corrected chi connectivity index (χ4v) is 2.72. The van der Waals surface area contributed by atoms with Crippen molar-refractivity contribution in [1.82, 2.24) is 0 Å². The number of Topliss-reactive ketones (excluding diaryl/α,β-unsaturated/α-hetero) is 1. The zero-order chi connectivity index (χ0) is 18.4. The largest absolute Gasteiger partial charge is 0.454 e. The quantitative estimate of drug-likeness (QED) is 0.246. The molecule has 2 aromatic carbocycles. The molecule has 1 atom stereocenters. The summed E-state index contributed by atoms with van der Waals surface area (Å²) >= 11 is 1.19. The van der Waals surface area contributed by atoms with E-state index in [0.717, 1.165) is 5.56 Å². The highest BCUT2D eigenvalue weighted by Gasteiger charge is 2.19. The average molecular weight is 359 g/mol. The fourth-order valence-electron chi connectivity index (χ4n) is 2.04. The third-order valence-electron chi connectivity index (χ3n) is 3.42. The molecule has 0 heterocycles. The second-order valence-corrected chi connectivity index (χ2v) is 6.45. The minimum atomic E-state index is -0.868. The molecule has 0 amide bonds. The smallest absolute Gasteiger partial charge is 0.316 e. The van der Waals surface area contributed by atoms with Crippen LogP contribution in [0.15, 0.2) is 53.4 Å². The Bertz CT molecular complexity index is 771. The van der Waals surface area contributed by atoms with Crippen molar-refractivity contribution in [1.29, 1.82) is 0 Å². The number of carbonyl (C=O) groups is 2. The first-order valence-corrected chi connectivity index (χ1v) is 8.53. The summed E-state index contributed by atoms with van der Waals surface area (Å²) in [6, 6.07) is 12.9. The molecule has 0 aromatic heterocycles. The first-order valence-electron chi connectivity index (χ1n) is 7.54. The van der Waals surface area contributed by atoms with Gasteiger partial charge in [0.25, 0.3) is 5.69 Å². The van der Waals surface area contributed by atoms with Crippen LogP contribution in [0.3, 0.4) is 0 Å². The Morgan fingerprint density at radius 1 is 1.12 bits per heavy atom. The maximum absolute atomic E-state index is 12.2. The first-order chi connectivity index (χ1) is 11.9. The van der Waals surface area contributed by atoms with Crippen molar-refractivity contribution in [2.45, 2.75) is 24.8 Å². The minimum Gasteiger partial charge on any atom is -0.454 e. The number of nitrogens with zero attached hydrogens (tertiary/aromatic N) is 1. The molecule has 25 heavy (non-hydrogen) atoms. The predicted molar refractivity (Wildman–Crippen MR) is 94.9 cm³/mol. The number of thioether (sulfide) groups is 1. The number of nitro groups is 1. The summed E-state index contributed by atoms with van der Waals surface area (Å²) in [7, 11) is 0. The van der Waals surface area contributed by atoms with Crippen molar-refractivity contribution >= 4 is 29.2 Å². The van der Waals surface area contributed by atoms with Crippen molar-refractivity contribution in [2.24, 2.45) is 0 Å². The van der Waals surface area contributed by atoms with Gasteiger partial charge < -0.3 is 4.74 Å². The molecule has 0 bridgehead atoms. The topological polar surface area (TPSA) is 86.5 Å². The summed E-state index contributed by atoms with van der Waals surface area (Å²) in [5, 5.41) is 10.6. The van der Waals surface area contributed by atoms with Gasteiger partial charge in [-0.15, -0.1) is 11.8 Å². The van der Waals surface area contributed by atoms with Gasteiger partial charge in [-0.1, -0.05) is 29.8 Å². The van der Waals surface area contributed by atoms with E-state index in [-0.39, 0.29) is 17.2 Å². The van der Waals surface area contributed by atoms with Crippen LogP contribution in [0.4, 0.5) is 5.69 Å². The lowest BCUT2D eigenvalue weighted by Crippen LogP contribution is -2.25. The van der Waals surface area contributed by atoms with E-state index in [9.17, 15) is 19.7 Å². The van der Waals surface area contributed by atoms with Gasteiger partial charge in [0.1, 0.15) is 0 Å². The van der Waals surface area contributed by atoms with Crippen molar-refractivity contribution in [3.8, 4) is 0 Å². The molecular formula is C18H17NO5S. The SMILES string of the molecule is Cc1ccc(C(=O)[C@@H](C)OC(=O)CSc2ccc([N+](=O)[O-])cc2)cc1. The molecule has 0 radical (unpaired) electrons. The lowest BCUT2D eigenvalue weighted by molar-refractivity contribution is -0.384. The summed E-state index contributed by atoms with van der Waals surface area (Å²) in [5.41, 5.74) is 1.53. The molecule has 0 N–H and O–H groups in total. The van der Waals surface area contributed by atoms with Crippen LogP contribution in [0.25, 0.3) is 0 Å². The summed E-state index contributed by atoms with van der Waals surface area (Å²) in [6.07, 6.45) is -0.868. The van der Waals surface area contributed by atoms with Crippen LogP contribution < -0.4 is 0 Å². The maximum atomic E-state index is 12.2. The number of non-ortho nitro benzene ring substituents is 1. The average Bonchev–Trinajstić information content (AvgIpc) is 2.60. The van der Waals surface area contributed by atoms with E-state index >= 15 is 0 Å². The first kappa shape index (κ1) is 18.7. The number of rotatable bonds is 7. The highest BCUT2D eigenvalue weighted by molar-refractivity contribution is 8.00. The fraction of sp³-hybridized carbons (Fsp3) is 0.222. The van der Waals surface area contributed by atoms with Crippen LogP contribution in [0.5, 0.6) is 0 Å². The molecule has 0 spiro atoms. The predicted octanol–water partition coefficient (Wildman–Crippen LogP) is 3.81. The molecule has 0 unspecified atom stereocenters. The molecule has 0 aliphatic rings. The second-order valence-electron chi connectivity index (χ2n) is 5.40. The van der Waals surface area contributed by atoms with Gasteiger partial charge in [0, 0.05) is 22.6 Å². The molecule has 0 saturated carbocycles. The summed E-state index contributed by atoms with van der Waals surface area (Å²) in [5.74, 6) is -0.756. The van der Waals surface area contributed by atoms with Gasteiger partial charge in [0.2, 0.25) is 5.78 Å². The lowest BCUT2D eigenvalue weighted by atomic mass is 10.1. The highest BCUT2D eigenvalue weighted by Crippen LogP contribution is 2.21. The Morgan fingerprint density at radius 3 is 2.28 bits per heavy atom. The van der Waals surface area contributed by atoms with E-state index in [0.29, 0.717) is 10.5 Å². The number of carbonyl (C=O) groups excluding carboxylic acids is 2. The van der Waals surface area contributed by atoms with Crippen LogP contribution in [0.2, 0.25) is 0 Å². The van der Waals surface area contributed by atoms with Crippen molar-refractivity contribution < 1.29 is 19.2 Å². The molecule has 130 valence electrons. The Labute approximate surface area is 149 Å². The van der Waals surface area contributed by atoms with Crippen LogP contribution >= 0.6 is 11.8 Å². The Kier molecular flexibility index (Phi) is 6.30. The number of nitro benzene ring substituents is 1. The summed E-state index contributed by atoms with van der Waals surface area (Å²) < 4.78 is 5.16. The van der Waals surface area contributed by atoms with Gasteiger partial charge in [0.05, 0.1) is 10.7 Å². The Hall–Kier alpha value is -2.67. The van der Waals surface area contributed by atoms with Gasteiger partial charge in [-0.2, -0.15) is 0 Å². The molecule has 2 rings (SSSR count). The maximum Gasteiger partial charge on any atom is 0.316 e. The third kappa shape index (κ3) is 5.42. The van der Waals surface area contributed by atoms with E-state index in [1.54, 1.807) is 24.3 Å². The number of ketones is 1. The standard InChI is InChI=1S/C18H17NO5S/c1-12-3-5-14(6-4-12)18(21)13(2)24-17(20)11-25-16-9-7-15(8-10-16)19(22)23/h3-10,13H,11H2,1-2H3/t13-/m1/s1. The van der Waals surface area contributed by atoms with E-state index in [4.69, 9.17) is 4.74 Å². The minimum absolute atomic E-state index is 0.00996. The van der Waals surface area contributed by atoms with E-state index < -0.39 is 17.0 Å². The lowest BCUT2D eigenvalue weighted by Gasteiger charge is -2.12. The molecule has 0 saturated heterocycles. The molecule has 6 nitrogen and oxygen atoms in total. The summed E-state index contributed by atoms with van der Waals surface area (Å²) in [6.45, 7) is 3.46. The van der Waals surface area contributed by atoms with Gasteiger partial charge >= 0.3 is 5.97 Å². The van der Waals surface area contributed by atoms with Gasteiger partial charge in [-0.25, -0.2) is 0 Å². The number of ether oxygens (including phenoxy) is 1. The molecule has 2 aromatic rings. The molecule has 7 heteroatoms. The van der Waals surface area contributed by atoms with Crippen LogP contribution in [0, 0.1) is 17.0 Å². The van der Waals surface area contributed by atoms with E-state index in [1.807, 2.05) is 19.1 Å². The Morgan fingerprint density at radius 2 is 1.72 bits per heavy atom. The van der Waals surface area contributed by atoms with Crippen molar-refractivity contribution in [3.05, 3.63) is 69.8 Å². The Balaban J connectivity index is 1.85. The van der Waals surface area contributed by atoms with Gasteiger partial charge in [-0.05, 0) is 26.0 Å². The van der Waals surface area contributed by atoms with Crippen molar-refractivity contribution in [3.63, 3.8) is 0 Å². The number of benzene rings is 2. The molecule has 0 fully saturated rings. The third-order valence-corrected chi connectivity index (χ3v) is 4.40. The van der Waals surface area contributed by atoms with E-state index in [2.05, 4.69) is 0 Å². The van der Waals surface area contributed by atoms with Crippen LogP contribution in [-0.4, -0.2) is 28.5 Å². The van der Waals surface area contributed by atoms with Gasteiger partial charge in [-0.3, -0.25) is 19.7 Å². The number of esters is 1. The van der Waals surface area contributed by atoms with Crippen LogP contribution in [0.1, 0.15) is 22.8 Å². The molecule has 0 aliphatic heterocycles. The summed E-state index contributed by atoms with van der Waals surface area (Å²) in [4.78, 5) is 34.9. The zero-order valence-corrected chi connectivity index (χ0v) is 14.6. The molecule has 0 aliphatic carbocycles. The zero-order valence-electron chi connectivity index (χ0n) is 13.8. The second kappa shape index (κ2) is 8.43. The molecular weight excluding hydrogens is 342 g/mol. The van der Waals surface area contributed by atoms with Crippen molar-refractivity contribution in [2.75, 3.05) is 5.75 Å². The van der Waals surface area contributed by atoms with E-state index in [1.165, 1.54) is 30.8 Å². The number of hydrogen-bond donors (Lipinski definition) is 0. The normalized spacial score (nSPS) is 11.6. The van der Waals surface area contributed by atoms with Crippen LogP contribution in [-0.2, 0) is 9.53 Å². The number of hydrogen-bond acceptors (Lipinski definition) is 6. The van der Waals surface area contributed by atoms with Gasteiger partial charge in [0.15, 0.2) is 6.10 Å². The number of aryl methyl sites for hydroxylation is 1. The highest BCUT2D eigenvalue weighted by atomic mass is 32.2. The monoisotopic (exact) mass is 359 g/mol.